The quantitative estimate of drug-likeness (QED) is 0.940. The van der Waals surface area contributed by atoms with E-state index in [-0.39, 0.29) is 0 Å². The van der Waals surface area contributed by atoms with Gasteiger partial charge in [-0.15, -0.1) is 11.3 Å². The van der Waals surface area contributed by atoms with Gasteiger partial charge in [-0.3, -0.25) is 0 Å². The molecule has 0 saturated heterocycles. The van der Waals surface area contributed by atoms with E-state index in [1.165, 1.54) is 23.5 Å². The van der Waals surface area contributed by atoms with Crippen molar-refractivity contribution in [3.05, 3.63) is 40.8 Å². The van der Waals surface area contributed by atoms with Gasteiger partial charge in [-0.05, 0) is 24.3 Å². The molecular formula is C11H9F3N2O2S2. The van der Waals surface area contributed by atoms with Gasteiger partial charge in [0.2, 0.25) is 0 Å². The molecule has 0 amide bonds. The fraction of sp³-hybridized carbons (Fsp3) is 0.182. The Morgan fingerprint density at radius 1 is 1.20 bits per heavy atom. The maximum absolute atomic E-state index is 12.3. The number of nitrogens with one attached hydrogen (secondary N) is 1. The maximum Gasteiger partial charge on any atom is 0.501 e. The molecule has 20 heavy (non-hydrogen) atoms. The fourth-order valence-electron chi connectivity index (χ4n) is 1.40. The summed E-state index contributed by atoms with van der Waals surface area (Å²) in [6, 6.07) is 4.42. The highest BCUT2D eigenvalue weighted by molar-refractivity contribution is 7.92. The van der Waals surface area contributed by atoms with Crippen molar-refractivity contribution in [3.8, 4) is 0 Å². The number of hydrogen-bond acceptors (Lipinski definition) is 5. The Morgan fingerprint density at radius 3 is 2.35 bits per heavy atom. The lowest BCUT2D eigenvalue weighted by atomic mass is 10.3. The molecule has 2 aromatic rings. The SMILES string of the molecule is O=S(=O)(c1ccc(NCc2nccs2)cc1)C(F)(F)F. The molecule has 1 aromatic heterocycles. The largest absolute Gasteiger partial charge is 0.501 e. The summed E-state index contributed by atoms with van der Waals surface area (Å²) in [6.45, 7) is 0.420. The molecule has 1 aromatic carbocycles. The number of aromatic nitrogens is 1. The fourth-order valence-corrected chi connectivity index (χ4v) is 2.72. The van der Waals surface area contributed by atoms with Crippen molar-refractivity contribution >= 4 is 26.9 Å². The molecule has 0 fully saturated rings. The molecule has 0 atom stereocenters. The van der Waals surface area contributed by atoms with E-state index < -0.39 is 20.2 Å². The number of hydrogen-bond donors (Lipinski definition) is 1. The van der Waals surface area contributed by atoms with E-state index >= 15 is 0 Å². The number of rotatable bonds is 4. The number of nitrogens with zero attached hydrogens (tertiary/aromatic N) is 1. The van der Waals surface area contributed by atoms with Gasteiger partial charge in [0, 0.05) is 17.3 Å². The number of anilines is 1. The third kappa shape index (κ3) is 3.10. The normalized spacial score (nSPS) is 12.3. The average Bonchev–Trinajstić information content (AvgIpc) is 2.88. The summed E-state index contributed by atoms with van der Waals surface area (Å²) in [7, 11) is -5.29. The van der Waals surface area contributed by atoms with Gasteiger partial charge in [0.1, 0.15) is 5.01 Å². The monoisotopic (exact) mass is 322 g/mol. The van der Waals surface area contributed by atoms with Crippen LogP contribution in [0.25, 0.3) is 0 Å². The Morgan fingerprint density at radius 2 is 1.85 bits per heavy atom. The summed E-state index contributed by atoms with van der Waals surface area (Å²) >= 11 is 1.43. The number of thiazole rings is 1. The number of alkyl halides is 3. The van der Waals surface area contributed by atoms with Gasteiger partial charge in [-0.2, -0.15) is 13.2 Å². The third-order valence-corrected chi connectivity index (χ3v) is 4.68. The Hall–Kier alpha value is -1.61. The number of sulfone groups is 1. The van der Waals surface area contributed by atoms with E-state index in [0.29, 0.717) is 12.2 Å². The Bertz CT molecular complexity index is 665. The zero-order valence-corrected chi connectivity index (χ0v) is 11.5. The van der Waals surface area contributed by atoms with E-state index in [2.05, 4.69) is 10.3 Å². The predicted molar refractivity (Wildman–Crippen MR) is 69.1 cm³/mol. The second kappa shape index (κ2) is 5.41. The lowest BCUT2D eigenvalue weighted by molar-refractivity contribution is -0.0436. The van der Waals surface area contributed by atoms with Crippen molar-refractivity contribution < 1.29 is 21.6 Å². The van der Waals surface area contributed by atoms with Crippen LogP contribution >= 0.6 is 11.3 Å². The van der Waals surface area contributed by atoms with Crippen LogP contribution in [0, 0.1) is 0 Å². The molecule has 0 radical (unpaired) electrons. The van der Waals surface area contributed by atoms with Crippen molar-refractivity contribution in [1.82, 2.24) is 4.98 Å². The predicted octanol–water partition coefficient (Wildman–Crippen LogP) is 3.05. The van der Waals surface area contributed by atoms with Crippen LogP contribution in [-0.2, 0) is 16.4 Å². The molecule has 0 aliphatic heterocycles. The van der Waals surface area contributed by atoms with Gasteiger partial charge >= 0.3 is 5.51 Å². The van der Waals surface area contributed by atoms with E-state index in [4.69, 9.17) is 0 Å². The highest BCUT2D eigenvalue weighted by Gasteiger charge is 2.46. The lowest BCUT2D eigenvalue weighted by Crippen LogP contribution is -2.23. The van der Waals surface area contributed by atoms with Crippen LogP contribution in [0.5, 0.6) is 0 Å². The van der Waals surface area contributed by atoms with E-state index in [0.717, 1.165) is 17.1 Å². The molecule has 0 aliphatic rings. The molecule has 0 saturated carbocycles. The van der Waals surface area contributed by atoms with Gasteiger partial charge in [-0.25, -0.2) is 13.4 Å². The van der Waals surface area contributed by atoms with Gasteiger partial charge in [0.25, 0.3) is 9.84 Å². The average molecular weight is 322 g/mol. The first-order valence-electron chi connectivity index (χ1n) is 5.34. The van der Waals surface area contributed by atoms with Crippen LogP contribution < -0.4 is 5.32 Å². The second-order valence-corrected chi connectivity index (χ2v) is 6.67. The molecule has 0 bridgehead atoms. The lowest BCUT2D eigenvalue weighted by Gasteiger charge is -2.09. The van der Waals surface area contributed by atoms with Crippen molar-refractivity contribution in [2.75, 3.05) is 5.32 Å². The van der Waals surface area contributed by atoms with Crippen LogP contribution in [0.4, 0.5) is 18.9 Å². The van der Waals surface area contributed by atoms with Crippen molar-refractivity contribution in [1.29, 1.82) is 0 Å². The van der Waals surface area contributed by atoms with E-state index in [9.17, 15) is 21.6 Å². The number of halogens is 3. The Labute approximate surface area is 117 Å². The maximum atomic E-state index is 12.3. The van der Waals surface area contributed by atoms with Crippen LogP contribution in [0.3, 0.4) is 0 Å². The minimum absolute atomic E-state index is 0.420. The first kappa shape index (κ1) is 14.8. The van der Waals surface area contributed by atoms with Gasteiger partial charge < -0.3 is 5.32 Å². The van der Waals surface area contributed by atoms with Gasteiger partial charge in [0.05, 0.1) is 11.4 Å². The van der Waals surface area contributed by atoms with Crippen LogP contribution in [-0.4, -0.2) is 18.9 Å². The molecule has 2 rings (SSSR count). The molecule has 0 spiro atoms. The second-order valence-electron chi connectivity index (χ2n) is 3.75. The minimum atomic E-state index is -5.29. The van der Waals surface area contributed by atoms with Crippen LogP contribution in [0.1, 0.15) is 5.01 Å². The van der Waals surface area contributed by atoms with Crippen LogP contribution in [0.2, 0.25) is 0 Å². The summed E-state index contributed by atoms with van der Waals surface area (Å²) in [5.74, 6) is 0. The third-order valence-electron chi connectivity index (χ3n) is 2.40. The number of benzene rings is 1. The standard InChI is InChI=1S/C11H9F3N2O2S2/c12-11(13,14)20(17,18)9-3-1-8(2-4-9)16-7-10-15-5-6-19-10/h1-6,16H,7H2. The summed E-state index contributed by atoms with van der Waals surface area (Å²) in [4.78, 5) is 3.26. The minimum Gasteiger partial charge on any atom is -0.379 e. The first-order chi connectivity index (χ1) is 9.30. The van der Waals surface area contributed by atoms with E-state index in [1.807, 2.05) is 0 Å². The van der Waals surface area contributed by atoms with E-state index in [1.54, 1.807) is 11.6 Å². The van der Waals surface area contributed by atoms with Crippen molar-refractivity contribution in [2.24, 2.45) is 0 Å². The van der Waals surface area contributed by atoms with Crippen molar-refractivity contribution in [2.45, 2.75) is 16.9 Å². The molecule has 1 heterocycles. The topological polar surface area (TPSA) is 59.1 Å². The smallest absolute Gasteiger partial charge is 0.379 e. The van der Waals surface area contributed by atoms with Crippen LogP contribution in [0.15, 0.2) is 40.7 Å². The summed E-state index contributed by atoms with van der Waals surface area (Å²) in [5, 5.41) is 5.55. The van der Waals surface area contributed by atoms with Crippen molar-refractivity contribution in [3.63, 3.8) is 0 Å². The zero-order valence-electron chi connectivity index (χ0n) is 9.89. The molecular weight excluding hydrogens is 313 g/mol. The molecule has 9 heteroatoms. The molecule has 0 aliphatic carbocycles. The zero-order chi connectivity index (χ0) is 14.8. The first-order valence-corrected chi connectivity index (χ1v) is 7.70. The summed E-state index contributed by atoms with van der Waals surface area (Å²) in [6.07, 6.45) is 1.64. The molecule has 4 nitrogen and oxygen atoms in total. The highest BCUT2D eigenvalue weighted by atomic mass is 32.2. The summed E-state index contributed by atoms with van der Waals surface area (Å²) in [5.41, 5.74) is -4.77. The Balaban J connectivity index is 2.11. The molecule has 108 valence electrons. The molecule has 0 unspecified atom stereocenters. The summed E-state index contributed by atoms with van der Waals surface area (Å²) < 4.78 is 59.3. The molecule has 1 N–H and O–H groups in total. The highest BCUT2D eigenvalue weighted by Crippen LogP contribution is 2.30. The van der Waals surface area contributed by atoms with Gasteiger partial charge in [-0.1, -0.05) is 0 Å². The van der Waals surface area contributed by atoms with Gasteiger partial charge in [0.15, 0.2) is 0 Å². The Kier molecular flexibility index (Phi) is 4.00.